The maximum atomic E-state index is 13.6. The first-order valence-electron chi connectivity index (χ1n) is 12.6. The fourth-order valence-electron chi connectivity index (χ4n) is 5.49. The number of piperidine rings is 2. The van der Waals surface area contributed by atoms with Crippen LogP contribution in [0.2, 0.25) is 0 Å². The zero-order chi connectivity index (χ0) is 27.6. The normalized spacial score (nSPS) is 23.6. The maximum absolute atomic E-state index is 13.6. The molecule has 5 rings (SSSR count). The molecule has 3 fully saturated rings. The summed E-state index contributed by atoms with van der Waals surface area (Å²) in [7, 11) is 0. The van der Waals surface area contributed by atoms with Crippen LogP contribution < -0.4 is 15.1 Å². The molecule has 0 bridgehead atoms. The first kappa shape index (κ1) is 27.6. The molecule has 1 aliphatic carbocycles. The number of fused-ring (bicyclic) bond motifs is 1. The molecule has 2 unspecified atom stereocenters. The molecule has 0 spiro atoms. The van der Waals surface area contributed by atoms with Crippen molar-refractivity contribution in [2.45, 2.75) is 39.0 Å². The van der Waals surface area contributed by atoms with E-state index < -0.39 is 23.7 Å². The second-order valence-corrected chi connectivity index (χ2v) is 10.2. The van der Waals surface area contributed by atoms with Gasteiger partial charge in [0.1, 0.15) is 11.6 Å². The standard InChI is InChI=1S/C25H29F2N5O3.CH2F2/c1-15-11-22(28-23(12-15)30-9-6-25(26,27)7-10-30)29-24(33)19-4-3-17(32(34)35)13-21(19)31-8-5-18-16(2)20(18)14-31;2-1-3/h3-4,11-13,16,18,20H,5-10,14H2,1-2H3,(H,28,29,33);1H2/t16-,18?,20?;/m1./s1. The van der Waals surface area contributed by atoms with Crippen LogP contribution in [0.5, 0.6) is 0 Å². The summed E-state index contributed by atoms with van der Waals surface area (Å²) in [4.78, 5) is 32.7. The van der Waals surface area contributed by atoms with Crippen LogP contribution in [0, 0.1) is 34.8 Å². The summed E-state index contributed by atoms with van der Waals surface area (Å²) in [6.07, 6.45) is 0.548. The molecule has 8 nitrogen and oxygen atoms in total. The number of rotatable bonds is 5. The van der Waals surface area contributed by atoms with Gasteiger partial charge in [-0.15, -0.1) is 0 Å². The molecule has 38 heavy (non-hydrogen) atoms. The molecular weight excluding hydrogens is 506 g/mol. The number of amides is 1. The van der Waals surface area contributed by atoms with E-state index in [2.05, 4.69) is 22.1 Å². The van der Waals surface area contributed by atoms with Gasteiger partial charge >= 0.3 is 0 Å². The van der Waals surface area contributed by atoms with Gasteiger partial charge in [0.2, 0.25) is 6.93 Å². The molecule has 2 aliphatic heterocycles. The molecule has 1 saturated carbocycles. The molecule has 3 heterocycles. The van der Waals surface area contributed by atoms with Crippen LogP contribution in [0.3, 0.4) is 0 Å². The minimum absolute atomic E-state index is 0.0552. The predicted molar refractivity (Wildman–Crippen MR) is 136 cm³/mol. The smallest absolute Gasteiger partial charge is 0.271 e. The Morgan fingerprint density at radius 1 is 1.13 bits per heavy atom. The van der Waals surface area contributed by atoms with Crippen molar-refractivity contribution >= 4 is 28.9 Å². The van der Waals surface area contributed by atoms with Crippen LogP contribution in [0.1, 0.15) is 42.1 Å². The van der Waals surface area contributed by atoms with E-state index in [0.29, 0.717) is 40.6 Å². The largest absolute Gasteiger partial charge is 0.370 e. The van der Waals surface area contributed by atoms with Crippen molar-refractivity contribution in [3.05, 3.63) is 51.6 Å². The molecule has 3 aliphatic rings. The third kappa shape index (κ3) is 6.16. The van der Waals surface area contributed by atoms with Crippen LogP contribution in [-0.4, -0.2) is 54.8 Å². The van der Waals surface area contributed by atoms with E-state index in [1.54, 1.807) is 11.0 Å². The zero-order valence-electron chi connectivity index (χ0n) is 21.3. The molecule has 1 amide bonds. The third-order valence-corrected chi connectivity index (χ3v) is 7.72. The number of alkyl halides is 4. The number of carbonyl (C=O) groups excluding carboxylic acids is 1. The van der Waals surface area contributed by atoms with E-state index >= 15 is 0 Å². The summed E-state index contributed by atoms with van der Waals surface area (Å²) in [6.45, 7) is 4.25. The number of pyridine rings is 1. The summed E-state index contributed by atoms with van der Waals surface area (Å²) in [5.41, 5.74) is 1.70. The van der Waals surface area contributed by atoms with Gasteiger partial charge in [-0.25, -0.2) is 22.5 Å². The Labute approximate surface area is 218 Å². The van der Waals surface area contributed by atoms with Crippen molar-refractivity contribution in [2.75, 3.05) is 48.2 Å². The second kappa shape index (κ2) is 11.1. The van der Waals surface area contributed by atoms with Gasteiger partial charge < -0.3 is 15.1 Å². The number of nitrogens with zero attached hydrogens (tertiary/aromatic N) is 4. The number of hydrogen-bond acceptors (Lipinski definition) is 6. The second-order valence-electron chi connectivity index (χ2n) is 10.2. The number of nitro benzene ring substituents is 1. The fourth-order valence-corrected chi connectivity index (χ4v) is 5.49. The van der Waals surface area contributed by atoms with Gasteiger partial charge in [-0.2, -0.15) is 0 Å². The lowest BCUT2D eigenvalue weighted by Gasteiger charge is -2.33. The Balaban J connectivity index is 0.00000107. The number of aryl methyl sites for hydroxylation is 1. The van der Waals surface area contributed by atoms with Crippen LogP contribution in [-0.2, 0) is 0 Å². The maximum Gasteiger partial charge on any atom is 0.271 e. The van der Waals surface area contributed by atoms with Crippen molar-refractivity contribution < 1.29 is 27.3 Å². The first-order valence-corrected chi connectivity index (χ1v) is 12.6. The van der Waals surface area contributed by atoms with E-state index in [4.69, 9.17) is 0 Å². The average Bonchev–Trinajstić information content (AvgIpc) is 3.52. The van der Waals surface area contributed by atoms with Crippen molar-refractivity contribution in [3.8, 4) is 0 Å². The van der Waals surface area contributed by atoms with E-state index in [1.165, 1.54) is 18.2 Å². The van der Waals surface area contributed by atoms with Crippen molar-refractivity contribution in [1.29, 1.82) is 0 Å². The Kier molecular flexibility index (Phi) is 8.08. The average molecular weight is 538 g/mol. The number of nitro groups is 1. The molecular formula is C26H31F4N5O3. The summed E-state index contributed by atoms with van der Waals surface area (Å²) in [5.74, 6) is -0.304. The molecule has 1 N–H and O–H groups in total. The van der Waals surface area contributed by atoms with Crippen molar-refractivity contribution in [3.63, 3.8) is 0 Å². The fraction of sp³-hybridized carbons (Fsp3) is 0.538. The molecule has 1 aromatic heterocycles. The van der Waals surface area contributed by atoms with Crippen LogP contribution in [0.25, 0.3) is 0 Å². The monoisotopic (exact) mass is 537 g/mol. The SMILES string of the molecule is Cc1cc(NC(=O)c2ccc([N+](=O)[O-])cc2N2CCC3C(C2)[C@@H]3C)nc(N2CCC(F)(F)CC2)c1.FCF. The van der Waals surface area contributed by atoms with Gasteiger partial charge in [0, 0.05) is 51.2 Å². The Hall–Kier alpha value is -3.44. The number of nitrogens with one attached hydrogen (secondary N) is 1. The topological polar surface area (TPSA) is 91.6 Å². The molecule has 12 heteroatoms. The molecule has 2 saturated heterocycles. The summed E-state index contributed by atoms with van der Waals surface area (Å²) in [5, 5.41) is 14.3. The van der Waals surface area contributed by atoms with E-state index in [-0.39, 0.29) is 31.6 Å². The summed E-state index contributed by atoms with van der Waals surface area (Å²) >= 11 is 0. The minimum atomic E-state index is -2.66. The summed E-state index contributed by atoms with van der Waals surface area (Å²) in [6, 6.07) is 7.85. The Morgan fingerprint density at radius 2 is 1.82 bits per heavy atom. The molecule has 0 radical (unpaired) electrons. The highest BCUT2D eigenvalue weighted by atomic mass is 19.3. The van der Waals surface area contributed by atoms with Crippen molar-refractivity contribution in [1.82, 2.24) is 4.98 Å². The number of halogens is 4. The van der Waals surface area contributed by atoms with Gasteiger partial charge in [0.15, 0.2) is 0 Å². The number of hydrogen-bond donors (Lipinski definition) is 1. The van der Waals surface area contributed by atoms with Gasteiger partial charge in [0.25, 0.3) is 17.5 Å². The quantitative estimate of drug-likeness (QED) is 0.296. The zero-order valence-corrected chi connectivity index (χ0v) is 21.3. The Bertz CT molecular complexity index is 1190. The van der Waals surface area contributed by atoms with Gasteiger partial charge in [-0.1, -0.05) is 6.92 Å². The van der Waals surface area contributed by atoms with Crippen LogP contribution in [0.15, 0.2) is 30.3 Å². The Morgan fingerprint density at radius 3 is 2.45 bits per heavy atom. The third-order valence-electron chi connectivity index (χ3n) is 7.72. The van der Waals surface area contributed by atoms with Crippen LogP contribution in [0.4, 0.5) is 40.6 Å². The molecule has 1 aromatic carbocycles. The molecule has 206 valence electrons. The van der Waals surface area contributed by atoms with Crippen LogP contribution >= 0.6 is 0 Å². The van der Waals surface area contributed by atoms with Gasteiger partial charge in [-0.05, 0) is 54.9 Å². The predicted octanol–water partition coefficient (Wildman–Crippen LogP) is 5.76. The van der Waals surface area contributed by atoms with Crippen molar-refractivity contribution in [2.24, 2.45) is 17.8 Å². The number of aromatic nitrogens is 1. The highest BCUT2D eigenvalue weighted by Crippen LogP contribution is 2.52. The van der Waals surface area contributed by atoms with E-state index in [0.717, 1.165) is 25.1 Å². The van der Waals surface area contributed by atoms with E-state index in [9.17, 15) is 32.5 Å². The van der Waals surface area contributed by atoms with Gasteiger partial charge in [0.05, 0.1) is 16.2 Å². The summed E-state index contributed by atoms with van der Waals surface area (Å²) < 4.78 is 46.4. The van der Waals surface area contributed by atoms with E-state index in [1.807, 2.05) is 13.0 Å². The highest BCUT2D eigenvalue weighted by Gasteiger charge is 2.49. The lowest BCUT2D eigenvalue weighted by Crippen LogP contribution is -2.39. The first-order chi connectivity index (χ1) is 18.0. The number of benzene rings is 1. The number of carbonyl (C=O) groups is 1. The molecule has 3 atom stereocenters. The molecule has 2 aromatic rings. The van der Waals surface area contributed by atoms with Gasteiger partial charge in [-0.3, -0.25) is 14.9 Å². The number of anilines is 3. The number of non-ortho nitro benzene ring substituents is 1. The minimum Gasteiger partial charge on any atom is -0.370 e. The highest BCUT2D eigenvalue weighted by molar-refractivity contribution is 6.08. The lowest BCUT2D eigenvalue weighted by molar-refractivity contribution is -0.384. The lowest BCUT2D eigenvalue weighted by atomic mass is 10.1.